The van der Waals surface area contributed by atoms with Gasteiger partial charge in [-0.3, -0.25) is 15.0 Å². The number of benzene rings is 1. The SMILES string of the molecule is C.C.Cc1ccccn1.Cc1cccnc1.Cc1ccncc1.c1ccccc1. The van der Waals surface area contributed by atoms with Gasteiger partial charge in [-0.25, -0.2) is 0 Å². The van der Waals surface area contributed by atoms with Crippen molar-refractivity contribution in [1.82, 2.24) is 15.0 Å². The predicted octanol–water partition coefficient (Wildman–Crippen LogP) is 7.13. The van der Waals surface area contributed by atoms with Crippen LogP contribution in [0.25, 0.3) is 0 Å². The lowest BCUT2D eigenvalue weighted by Gasteiger charge is -1.82. The van der Waals surface area contributed by atoms with Crippen LogP contribution < -0.4 is 0 Å². The van der Waals surface area contributed by atoms with E-state index in [1.165, 1.54) is 11.1 Å². The zero-order valence-electron chi connectivity index (χ0n) is 16.2. The Morgan fingerprint density at radius 3 is 1.31 bits per heavy atom. The van der Waals surface area contributed by atoms with E-state index < -0.39 is 0 Å². The van der Waals surface area contributed by atoms with Gasteiger partial charge in [0.05, 0.1) is 0 Å². The highest BCUT2D eigenvalue weighted by Gasteiger charge is 1.74. The summed E-state index contributed by atoms with van der Waals surface area (Å²) >= 11 is 0. The number of aromatic nitrogens is 3. The summed E-state index contributed by atoms with van der Waals surface area (Å²) in [4.78, 5) is 11.7. The van der Waals surface area contributed by atoms with E-state index in [1.54, 1.807) is 24.8 Å². The molecule has 1 aromatic carbocycles. The molecule has 0 amide bonds. The summed E-state index contributed by atoms with van der Waals surface area (Å²) in [5.74, 6) is 0. The van der Waals surface area contributed by atoms with Crippen molar-refractivity contribution in [2.75, 3.05) is 0 Å². The third-order valence-electron chi connectivity index (χ3n) is 3.14. The maximum absolute atomic E-state index is 3.98. The summed E-state index contributed by atoms with van der Waals surface area (Å²) in [5.41, 5.74) is 3.54. The second-order valence-electron chi connectivity index (χ2n) is 5.68. The Hall–Kier alpha value is -3.33. The summed E-state index contributed by atoms with van der Waals surface area (Å²) < 4.78 is 0. The highest BCUT2D eigenvalue weighted by Crippen LogP contribution is 1.89. The molecule has 0 atom stereocenters. The number of rotatable bonds is 0. The van der Waals surface area contributed by atoms with Crippen molar-refractivity contribution in [2.45, 2.75) is 35.6 Å². The summed E-state index contributed by atoms with van der Waals surface area (Å²) in [6.45, 7) is 6.04. The first-order valence-corrected chi connectivity index (χ1v) is 8.79. The van der Waals surface area contributed by atoms with Crippen molar-refractivity contribution in [2.24, 2.45) is 0 Å². The van der Waals surface area contributed by atoms with Gasteiger partial charge in [0.1, 0.15) is 0 Å². The fourth-order valence-electron chi connectivity index (χ4n) is 1.71. The van der Waals surface area contributed by atoms with Gasteiger partial charge in [-0.15, -0.1) is 0 Å². The first-order chi connectivity index (χ1) is 13.2. The maximum atomic E-state index is 3.98. The molecule has 0 aliphatic carbocycles. The van der Waals surface area contributed by atoms with Crippen molar-refractivity contribution in [3.8, 4) is 0 Å². The van der Waals surface area contributed by atoms with Crippen LogP contribution in [0, 0.1) is 20.8 Å². The van der Waals surface area contributed by atoms with Gasteiger partial charge in [-0.1, -0.05) is 63.4 Å². The molecule has 29 heavy (non-hydrogen) atoms. The Morgan fingerprint density at radius 1 is 0.483 bits per heavy atom. The van der Waals surface area contributed by atoms with Crippen molar-refractivity contribution in [3.63, 3.8) is 0 Å². The van der Waals surface area contributed by atoms with E-state index in [-0.39, 0.29) is 14.9 Å². The topological polar surface area (TPSA) is 38.7 Å². The molecular weight excluding hydrogens is 354 g/mol. The van der Waals surface area contributed by atoms with Crippen LogP contribution in [0.3, 0.4) is 0 Å². The lowest BCUT2D eigenvalue weighted by molar-refractivity contribution is 1.20. The van der Waals surface area contributed by atoms with Crippen LogP contribution in [0.15, 0.2) is 110 Å². The molecule has 0 fully saturated rings. The molecule has 0 saturated carbocycles. The molecule has 0 bridgehead atoms. The smallest absolute Gasteiger partial charge is 0.0372 e. The second-order valence-corrected chi connectivity index (χ2v) is 5.68. The van der Waals surface area contributed by atoms with Crippen LogP contribution in [-0.2, 0) is 0 Å². The molecule has 3 aromatic heterocycles. The molecular formula is C26H35N3. The van der Waals surface area contributed by atoms with Gasteiger partial charge in [-0.05, 0) is 62.2 Å². The van der Waals surface area contributed by atoms with Crippen molar-refractivity contribution >= 4 is 0 Å². The summed E-state index contributed by atoms with van der Waals surface area (Å²) in [5, 5.41) is 0. The molecule has 0 N–H and O–H groups in total. The van der Waals surface area contributed by atoms with Gasteiger partial charge >= 0.3 is 0 Å². The molecule has 0 radical (unpaired) electrons. The van der Waals surface area contributed by atoms with Gasteiger partial charge in [0, 0.05) is 36.7 Å². The predicted molar refractivity (Wildman–Crippen MR) is 127 cm³/mol. The van der Waals surface area contributed by atoms with E-state index in [9.17, 15) is 0 Å². The number of hydrogen-bond acceptors (Lipinski definition) is 3. The van der Waals surface area contributed by atoms with Crippen LogP contribution in [0.2, 0.25) is 0 Å². The molecule has 3 heteroatoms. The molecule has 3 heterocycles. The van der Waals surface area contributed by atoms with E-state index in [2.05, 4.69) is 15.0 Å². The number of nitrogens with zero attached hydrogens (tertiary/aromatic N) is 3. The normalized spacial score (nSPS) is 7.97. The molecule has 4 rings (SSSR count). The standard InChI is InChI=1S/3C6H7N.C6H6.2CH4/c1-6-2-4-7-5-3-6;1-6-3-2-4-7-5-6;1-6-4-2-3-5-7-6;1-2-4-6-5-3-1;;/h3*2-5H,1H3;1-6H;2*1H4. The molecule has 0 aliphatic heterocycles. The first kappa shape index (κ1) is 27.9. The Kier molecular flexibility index (Phi) is 18.7. The molecule has 3 nitrogen and oxygen atoms in total. The summed E-state index contributed by atoms with van der Waals surface area (Å²) in [6, 6.07) is 25.7. The van der Waals surface area contributed by atoms with E-state index >= 15 is 0 Å². The highest BCUT2D eigenvalue weighted by molar-refractivity contribution is 5.06. The number of hydrogen-bond donors (Lipinski definition) is 0. The minimum Gasteiger partial charge on any atom is -0.265 e. The quantitative estimate of drug-likeness (QED) is 0.321. The molecule has 4 aromatic rings. The Morgan fingerprint density at radius 2 is 1.07 bits per heavy atom. The lowest BCUT2D eigenvalue weighted by Crippen LogP contribution is -1.72. The zero-order valence-corrected chi connectivity index (χ0v) is 16.2. The van der Waals surface area contributed by atoms with Gasteiger partial charge in [0.2, 0.25) is 0 Å². The van der Waals surface area contributed by atoms with E-state index in [0.29, 0.717) is 0 Å². The van der Waals surface area contributed by atoms with E-state index in [1.807, 2.05) is 106 Å². The van der Waals surface area contributed by atoms with Crippen LogP contribution in [0.4, 0.5) is 0 Å². The summed E-state index contributed by atoms with van der Waals surface area (Å²) in [6.07, 6.45) is 8.97. The van der Waals surface area contributed by atoms with E-state index in [0.717, 1.165) is 5.69 Å². The van der Waals surface area contributed by atoms with Gasteiger partial charge in [-0.2, -0.15) is 0 Å². The molecule has 0 saturated heterocycles. The molecule has 0 unspecified atom stereocenters. The summed E-state index contributed by atoms with van der Waals surface area (Å²) in [7, 11) is 0. The monoisotopic (exact) mass is 389 g/mol. The van der Waals surface area contributed by atoms with E-state index in [4.69, 9.17) is 0 Å². The molecule has 0 spiro atoms. The van der Waals surface area contributed by atoms with Crippen LogP contribution in [0.5, 0.6) is 0 Å². The van der Waals surface area contributed by atoms with Crippen LogP contribution in [0.1, 0.15) is 31.7 Å². The average molecular weight is 390 g/mol. The van der Waals surface area contributed by atoms with Gasteiger partial charge < -0.3 is 0 Å². The van der Waals surface area contributed by atoms with Crippen LogP contribution in [-0.4, -0.2) is 15.0 Å². The third-order valence-corrected chi connectivity index (χ3v) is 3.14. The third kappa shape index (κ3) is 17.8. The largest absolute Gasteiger partial charge is 0.265 e. The Bertz CT molecular complexity index is 674. The maximum Gasteiger partial charge on any atom is 0.0372 e. The minimum atomic E-state index is 0. The highest BCUT2D eigenvalue weighted by atomic mass is 14.6. The Labute approximate surface area is 177 Å². The van der Waals surface area contributed by atoms with Crippen molar-refractivity contribution in [3.05, 3.63) is 127 Å². The molecule has 0 aliphatic rings. The van der Waals surface area contributed by atoms with Gasteiger partial charge in [0.25, 0.3) is 0 Å². The second kappa shape index (κ2) is 19.4. The zero-order chi connectivity index (χ0) is 19.6. The van der Waals surface area contributed by atoms with Crippen LogP contribution >= 0.6 is 0 Å². The number of pyridine rings is 3. The number of aryl methyl sites for hydroxylation is 3. The van der Waals surface area contributed by atoms with Gasteiger partial charge in [0.15, 0.2) is 0 Å². The Balaban J connectivity index is 0. The average Bonchev–Trinajstić information content (AvgIpc) is 2.73. The van der Waals surface area contributed by atoms with Crippen molar-refractivity contribution < 1.29 is 0 Å². The molecule has 154 valence electrons. The first-order valence-electron chi connectivity index (χ1n) is 8.79. The minimum absolute atomic E-state index is 0. The fourth-order valence-corrected chi connectivity index (χ4v) is 1.71. The lowest BCUT2D eigenvalue weighted by atomic mass is 10.3. The van der Waals surface area contributed by atoms with Crippen molar-refractivity contribution in [1.29, 1.82) is 0 Å². The fraction of sp³-hybridized carbons (Fsp3) is 0.192.